The second kappa shape index (κ2) is 9.35. The lowest BCUT2D eigenvalue weighted by Gasteiger charge is -2.07. The number of hydrogen-bond donors (Lipinski definition) is 2. The molecule has 1 aromatic rings. The molecule has 0 aliphatic carbocycles. The average Bonchev–Trinajstić information content (AvgIpc) is 2.45. The van der Waals surface area contributed by atoms with Gasteiger partial charge in [-0.05, 0) is 6.42 Å². The van der Waals surface area contributed by atoms with E-state index in [1.807, 2.05) is 0 Å². The number of hydrogen-bond acceptors (Lipinski definition) is 6. The zero-order valence-corrected chi connectivity index (χ0v) is 12.2. The average molecular weight is 267 g/mol. The first-order valence-electron chi connectivity index (χ1n) is 7.01. The van der Waals surface area contributed by atoms with E-state index in [0.29, 0.717) is 17.9 Å². The van der Waals surface area contributed by atoms with Gasteiger partial charge >= 0.3 is 6.01 Å². The van der Waals surface area contributed by atoms with E-state index in [1.54, 1.807) is 14.2 Å². The van der Waals surface area contributed by atoms with E-state index in [2.05, 4.69) is 32.5 Å². The molecule has 0 saturated heterocycles. The van der Waals surface area contributed by atoms with Crippen LogP contribution in [-0.2, 0) is 0 Å². The van der Waals surface area contributed by atoms with Crippen molar-refractivity contribution in [2.75, 3.05) is 31.3 Å². The summed E-state index contributed by atoms with van der Waals surface area (Å²) in [7, 11) is 3.32. The lowest BCUT2D eigenvalue weighted by molar-refractivity contribution is 0.379. The van der Waals surface area contributed by atoms with Gasteiger partial charge in [0.15, 0.2) is 0 Å². The normalized spacial score (nSPS) is 10.3. The van der Waals surface area contributed by atoms with Crippen molar-refractivity contribution >= 4 is 11.9 Å². The second-order valence-corrected chi connectivity index (χ2v) is 4.41. The molecule has 1 heterocycles. The molecule has 0 atom stereocenters. The predicted molar refractivity (Wildman–Crippen MR) is 77.8 cm³/mol. The third-order valence-corrected chi connectivity index (χ3v) is 2.83. The Bertz CT molecular complexity index is 337. The van der Waals surface area contributed by atoms with E-state index >= 15 is 0 Å². The number of ether oxygens (including phenoxy) is 1. The fourth-order valence-electron chi connectivity index (χ4n) is 1.74. The first kappa shape index (κ1) is 15.5. The summed E-state index contributed by atoms with van der Waals surface area (Å²) in [5.74, 6) is 1.07. The van der Waals surface area contributed by atoms with Crippen molar-refractivity contribution in [3.63, 3.8) is 0 Å². The van der Waals surface area contributed by atoms with Gasteiger partial charge in [0.05, 0.1) is 7.11 Å². The summed E-state index contributed by atoms with van der Waals surface area (Å²) in [6, 6.07) is 0.324. The van der Waals surface area contributed by atoms with Crippen LogP contribution in [0.3, 0.4) is 0 Å². The standard InChI is InChI=1S/C13H25N5O/c1-4-5-6-7-8-9-10-15-12-16-11(14-2)17-13(18-12)19-3/h4-10H2,1-3H3,(H2,14,15,16,17,18). The highest BCUT2D eigenvalue weighted by Crippen LogP contribution is 2.10. The Morgan fingerprint density at radius 2 is 1.63 bits per heavy atom. The van der Waals surface area contributed by atoms with E-state index in [-0.39, 0.29) is 0 Å². The zero-order valence-electron chi connectivity index (χ0n) is 12.2. The molecule has 0 bridgehead atoms. The van der Waals surface area contributed by atoms with Gasteiger partial charge in [0.25, 0.3) is 0 Å². The summed E-state index contributed by atoms with van der Waals surface area (Å²) >= 11 is 0. The fraction of sp³-hybridized carbons (Fsp3) is 0.769. The van der Waals surface area contributed by atoms with E-state index in [1.165, 1.54) is 32.1 Å². The van der Waals surface area contributed by atoms with Crippen molar-refractivity contribution in [3.8, 4) is 6.01 Å². The van der Waals surface area contributed by atoms with Gasteiger partial charge in [-0.3, -0.25) is 0 Å². The third kappa shape index (κ3) is 6.22. The van der Waals surface area contributed by atoms with E-state index < -0.39 is 0 Å². The first-order valence-corrected chi connectivity index (χ1v) is 7.01. The fourth-order valence-corrected chi connectivity index (χ4v) is 1.74. The van der Waals surface area contributed by atoms with Crippen LogP contribution < -0.4 is 15.4 Å². The highest BCUT2D eigenvalue weighted by molar-refractivity contribution is 5.35. The quantitative estimate of drug-likeness (QED) is 0.635. The van der Waals surface area contributed by atoms with Crippen LogP contribution in [0, 0.1) is 0 Å². The maximum Gasteiger partial charge on any atom is 0.322 e. The second-order valence-electron chi connectivity index (χ2n) is 4.41. The molecule has 1 rings (SSSR count). The molecule has 0 radical (unpaired) electrons. The monoisotopic (exact) mass is 267 g/mol. The minimum Gasteiger partial charge on any atom is -0.467 e. The lowest BCUT2D eigenvalue weighted by atomic mass is 10.1. The van der Waals surface area contributed by atoms with Crippen LogP contribution in [0.25, 0.3) is 0 Å². The highest BCUT2D eigenvalue weighted by Gasteiger charge is 2.04. The van der Waals surface area contributed by atoms with Gasteiger partial charge in [-0.15, -0.1) is 0 Å². The van der Waals surface area contributed by atoms with Crippen molar-refractivity contribution in [2.45, 2.75) is 45.4 Å². The van der Waals surface area contributed by atoms with Gasteiger partial charge in [-0.25, -0.2) is 0 Å². The van der Waals surface area contributed by atoms with Crippen LogP contribution in [0.2, 0.25) is 0 Å². The minimum absolute atomic E-state index is 0.324. The van der Waals surface area contributed by atoms with Crippen LogP contribution in [0.15, 0.2) is 0 Å². The van der Waals surface area contributed by atoms with Crippen molar-refractivity contribution < 1.29 is 4.74 Å². The highest BCUT2D eigenvalue weighted by atomic mass is 16.5. The minimum atomic E-state index is 0.324. The largest absolute Gasteiger partial charge is 0.467 e. The summed E-state index contributed by atoms with van der Waals surface area (Å²) in [4.78, 5) is 12.4. The smallest absolute Gasteiger partial charge is 0.322 e. The first-order chi connectivity index (χ1) is 9.30. The van der Waals surface area contributed by atoms with Gasteiger partial charge in [-0.1, -0.05) is 39.0 Å². The lowest BCUT2D eigenvalue weighted by Crippen LogP contribution is -2.09. The molecule has 0 aromatic carbocycles. The van der Waals surface area contributed by atoms with Crippen LogP contribution in [0.5, 0.6) is 6.01 Å². The summed E-state index contributed by atoms with van der Waals surface area (Å²) in [5, 5.41) is 6.09. The maximum absolute atomic E-state index is 5.03. The van der Waals surface area contributed by atoms with Crippen LogP contribution in [0.1, 0.15) is 45.4 Å². The molecule has 6 nitrogen and oxygen atoms in total. The number of unbranched alkanes of at least 4 members (excludes halogenated alkanes) is 5. The molecular weight excluding hydrogens is 242 g/mol. The molecule has 2 N–H and O–H groups in total. The van der Waals surface area contributed by atoms with Gasteiger partial charge in [0, 0.05) is 13.6 Å². The van der Waals surface area contributed by atoms with Gasteiger partial charge in [-0.2, -0.15) is 15.0 Å². The SMILES string of the molecule is CCCCCCCCNc1nc(NC)nc(OC)n1. The molecule has 0 aliphatic rings. The van der Waals surface area contributed by atoms with Crippen LogP contribution >= 0.6 is 0 Å². The summed E-state index contributed by atoms with van der Waals surface area (Å²) in [6.07, 6.45) is 7.64. The van der Waals surface area contributed by atoms with E-state index in [0.717, 1.165) is 13.0 Å². The number of methoxy groups -OCH3 is 1. The molecule has 6 heteroatoms. The molecule has 108 valence electrons. The van der Waals surface area contributed by atoms with Crippen molar-refractivity contribution in [1.82, 2.24) is 15.0 Å². The summed E-state index contributed by atoms with van der Waals surface area (Å²) in [6.45, 7) is 3.11. The number of nitrogens with one attached hydrogen (secondary N) is 2. The molecule has 0 fully saturated rings. The summed E-state index contributed by atoms with van der Waals surface area (Å²) < 4.78 is 5.03. The topological polar surface area (TPSA) is 72.0 Å². The molecule has 19 heavy (non-hydrogen) atoms. The van der Waals surface area contributed by atoms with E-state index in [9.17, 15) is 0 Å². The third-order valence-electron chi connectivity index (χ3n) is 2.83. The van der Waals surface area contributed by atoms with Crippen molar-refractivity contribution in [3.05, 3.63) is 0 Å². The molecule has 0 amide bonds. The Morgan fingerprint density at radius 1 is 0.947 bits per heavy atom. The van der Waals surface area contributed by atoms with Gasteiger partial charge in [0.2, 0.25) is 11.9 Å². The Morgan fingerprint density at radius 3 is 2.32 bits per heavy atom. The van der Waals surface area contributed by atoms with Crippen molar-refractivity contribution in [1.29, 1.82) is 0 Å². The van der Waals surface area contributed by atoms with Gasteiger partial charge < -0.3 is 15.4 Å². The maximum atomic E-state index is 5.03. The Kier molecular flexibility index (Phi) is 7.62. The van der Waals surface area contributed by atoms with Crippen LogP contribution in [0.4, 0.5) is 11.9 Å². The molecule has 0 spiro atoms. The number of nitrogens with zero attached hydrogens (tertiary/aromatic N) is 3. The zero-order chi connectivity index (χ0) is 13.9. The molecule has 0 unspecified atom stereocenters. The number of aromatic nitrogens is 3. The van der Waals surface area contributed by atoms with Crippen LogP contribution in [-0.4, -0.2) is 35.7 Å². The molecule has 0 aliphatic heterocycles. The molecular formula is C13H25N5O. The Hall–Kier alpha value is -1.59. The molecule has 1 aromatic heterocycles. The Balaban J connectivity index is 2.28. The summed E-state index contributed by atoms with van der Waals surface area (Å²) in [5.41, 5.74) is 0. The van der Waals surface area contributed by atoms with Crippen molar-refractivity contribution in [2.24, 2.45) is 0 Å². The predicted octanol–water partition coefficient (Wildman–Crippen LogP) is 2.69. The molecule has 0 saturated carbocycles. The van der Waals surface area contributed by atoms with E-state index in [4.69, 9.17) is 4.74 Å². The number of anilines is 2. The Labute approximate surface area is 115 Å². The number of rotatable bonds is 10. The van der Waals surface area contributed by atoms with Gasteiger partial charge in [0.1, 0.15) is 0 Å².